The summed E-state index contributed by atoms with van der Waals surface area (Å²) in [4.78, 5) is 2.54. The van der Waals surface area contributed by atoms with E-state index in [1.54, 1.807) is 0 Å². The summed E-state index contributed by atoms with van der Waals surface area (Å²) in [5.74, 6) is 0. The first-order chi connectivity index (χ1) is 9.21. The van der Waals surface area contributed by atoms with E-state index in [1.165, 1.54) is 37.1 Å². The zero-order valence-electron chi connectivity index (χ0n) is 13.1. The van der Waals surface area contributed by atoms with Crippen molar-refractivity contribution in [1.82, 2.24) is 10.2 Å². The fourth-order valence-electron chi connectivity index (χ4n) is 2.58. The van der Waals surface area contributed by atoms with Crippen molar-refractivity contribution >= 4 is 0 Å². The Morgan fingerprint density at radius 3 is 2.53 bits per heavy atom. The van der Waals surface area contributed by atoms with Gasteiger partial charge in [0.25, 0.3) is 0 Å². The molecule has 0 spiro atoms. The van der Waals surface area contributed by atoms with Crippen molar-refractivity contribution < 1.29 is 0 Å². The van der Waals surface area contributed by atoms with Crippen molar-refractivity contribution in [2.45, 2.75) is 46.6 Å². The van der Waals surface area contributed by atoms with Crippen LogP contribution in [0.5, 0.6) is 0 Å². The van der Waals surface area contributed by atoms with Gasteiger partial charge in [0.15, 0.2) is 0 Å². The Balaban J connectivity index is 2.62. The molecule has 0 amide bonds. The molecule has 1 aromatic rings. The van der Waals surface area contributed by atoms with Crippen LogP contribution in [0.15, 0.2) is 24.3 Å². The van der Waals surface area contributed by atoms with Crippen LogP contribution < -0.4 is 5.32 Å². The number of benzene rings is 1. The molecule has 1 atom stereocenters. The zero-order valence-corrected chi connectivity index (χ0v) is 13.1. The smallest absolute Gasteiger partial charge is 0.0332 e. The molecule has 1 aromatic carbocycles. The number of hydrogen-bond acceptors (Lipinski definition) is 2. The lowest BCUT2D eigenvalue weighted by Crippen LogP contribution is -2.30. The minimum atomic E-state index is 0.482. The maximum absolute atomic E-state index is 3.62. The third-order valence-corrected chi connectivity index (χ3v) is 3.62. The maximum Gasteiger partial charge on any atom is 0.0332 e. The number of nitrogens with one attached hydrogen (secondary N) is 1. The highest BCUT2D eigenvalue weighted by Gasteiger charge is 2.12. The van der Waals surface area contributed by atoms with Crippen LogP contribution in [0.1, 0.15) is 50.8 Å². The van der Waals surface area contributed by atoms with E-state index < -0.39 is 0 Å². The van der Waals surface area contributed by atoms with Crippen molar-refractivity contribution in [1.29, 1.82) is 0 Å². The SMILES string of the molecule is CCCN(CC)CCC(NCC)c1cccc(C)c1. The summed E-state index contributed by atoms with van der Waals surface area (Å²) in [7, 11) is 0. The van der Waals surface area contributed by atoms with Gasteiger partial charge in [-0.2, -0.15) is 0 Å². The van der Waals surface area contributed by atoms with Crippen LogP contribution in [0.3, 0.4) is 0 Å². The largest absolute Gasteiger partial charge is 0.310 e. The van der Waals surface area contributed by atoms with Gasteiger partial charge < -0.3 is 10.2 Å². The second-order valence-corrected chi connectivity index (χ2v) is 5.25. The lowest BCUT2D eigenvalue weighted by Gasteiger charge is -2.24. The van der Waals surface area contributed by atoms with Crippen LogP contribution >= 0.6 is 0 Å². The van der Waals surface area contributed by atoms with Gasteiger partial charge in [0.2, 0.25) is 0 Å². The average molecular weight is 262 g/mol. The summed E-state index contributed by atoms with van der Waals surface area (Å²) in [6.45, 7) is 13.4. The van der Waals surface area contributed by atoms with Gasteiger partial charge in [-0.1, -0.05) is 50.6 Å². The van der Waals surface area contributed by atoms with Gasteiger partial charge in [-0.25, -0.2) is 0 Å². The Morgan fingerprint density at radius 1 is 1.16 bits per heavy atom. The molecule has 0 aliphatic heterocycles. The second-order valence-electron chi connectivity index (χ2n) is 5.25. The summed E-state index contributed by atoms with van der Waals surface area (Å²) in [6, 6.07) is 9.37. The molecule has 2 heteroatoms. The van der Waals surface area contributed by atoms with Crippen LogP contribution in [0.4, 0.5) is 0 Å². The Bertz CT molecular complexity index is 349. The van der Waals surface area contributed by atoms with Crippen molar-refractivity contribution in [3.8, 4) is 0 Å². The predicted molar refractivity (Wildman–Crippen MR) is 84.6 cm³/mol. The van der Waals surface area contributed by atoms with Gasteiger partial charge in [-0.3, -0.25) is 0 Å². The summed E-state index contributed by atoms with van der Waals surface area (Å²) >= 11 is 0. The molecule has 19 heavy (non-hydrogen) atoms. The first-order valence-corrected chi connectivity index (χ1v) is 7.73. The summed E-state index contributed by atoms with van der Waals surface area (Å²) in [6.07, 6.45) is 2.43. The molecule has 0 fully saturated rings. The number of hydrogen-bond donors (Lipinski definition) is 1. The Morgan fingerprint density at radius 2 is 1.95 bits per heavy atom. The number of nitrogens with zero attached hydrogens (tertiary/aromatic N) is 1. The molecule has 1 unspecified atom stereocenters. The van der Waals surface area contributed by atoms with Gasteiger partial charge >= 0.3 is 0 Å². The molecule has 0 radical (unpaired) electrons. The lowest BCUT2D eigenvalue weighted by molar-refractivity contribution is 0.270. The molecular weight excluding hydrogens is 232 g/mol. The third kappa shape index (κ3) is 5.75. The number of aryl methyl sites for hydroxylation is 1. The standard InChI is InChI=1S/C17H30N2/c1-5-12-19(7-3)13-11-17(18-6-2)16-10-8-9-15(4)14-16/h8-10,14,17-18H,5-7,11-13H2,1-4H3. The van der Waals surface area contributed by atoms with E-state index >= 15 is 0 Å². The Labute approximate surface area is 119 Å². The highest BCUT2D eigenvalue weighted by molar-refractivity contribution is 5.25. The van der Waals surface area contributed by atoms with E-state index in [0.29, 0.717) is 6.04 Å². The first kappa shape index (κ1) is 16.2. The lowest BCUT2D eigenvalue weighted by atomic mass is 10.0. The summed E-state index contributed by atoms with van der Waals surface area (Å²) in [5, 5.41) is 3.62. The molecule has 0 saturated heterocycles. The summed E-state index contributed by atoms with van der Waals surface area (Å²) in [5.41, 5.74) is 2.77. The highest BCUT2D eigenvalue weighted by Crippen LogP contribution is 2.18. The van der Waals surface area contributed by atoms with E-state index in [9.17, 15) is 0 Å². The zero-order chi connectivity index (χ0) is 14.1. The summed E-state index contributed by atoms with van der Waals surface area (Å²) < 4.78 is 0. The van der Waals surface area contributed by atoms with E-state index in [0.717, 1.165) is 13.1 Å². The molecular formula is C17H30N2. The van der Waals surface area contributed by atoms with Crippen LogP contribution in [0.25, 0.3) is 0 Å². The first-order valence-electron chi connectivity index (χ1n) is 7.73. The van der Waals surface area contributed by atoms with Gasteiger partial charge in [0, 0.05) is 6.04 Å². The van der Waals surface area contributed by atoms with Crippen molar-refractivity contribution in [2.24, 2.45) is 0 Å². The minimum absolute atomic E-state index is 0.482. The molecule has 0 aromatic heterocycles. The van der Waals surface area contributed by atoms with Gasteiger partial charge in [0.1, 0.15) is 0 Å². The Kier molecular flexibility index (Phi) is 7.76. The molecule has 0 aliphatic rings. The highest BCUT2D eigenvalue weighted by atomic mass is 15.1. The van der Waals surface area contributed by atoms with Gasteiger partial charge in [0.05, 0.1) is 0 Å². The average Bonchev–Trinajstić information content (AvgIpc) is 2.42. The number of rotatable bonds is 9. The molecule has 2 nitrogen and oxygen atoms in total. The quantitative estimate of drug-likeness (QED) is 0.729. The van der Waals surface area contributed by atoms with Crippen LogP contribution in [0.2, 0.25) is 0 Å². The molecule has 0 bridgehead atoms. The van der Waals surface area contributed by atoms with Crippen molar-refractivity contribution in [3.63, 3.8) is 0 Å². The van der Waals surface area contributed by atoms with E-state index in [2.05, 4.69) is 62.2 Å². The molecule has 0 saturated carbocycles. The van der Waals surface area contributed by atoms with Crippen LogP contribution in [0, 0.1) is 6.92 Å². The molecule has 0 aliphatic carbocycles. The van der Waals surface area contributed by atoms with Gasteiger partial charge in [-0.05, 0) is 51.5 Å². The van der Waals surface area contributed by atoms with Crippen molar-refractivity contribution in [3.05, 3.63) is 35.4 Å². The van der Waals surface area contributed by atoms with Crippen LogP contribution in [-0.2, 0) is 0 Å². The maximum atomic E-state index is 3.62. The normalized spacial score (nSPS) is 12.9. The van der Waals surface area contributed by atoms with Crippen LogP contribution in [-0.4, -0.2) is 31.1 Å². The molecule has 1 rings (SSSR count). The Hall–Kier alpha value is -0.860. The van der Waals surface area contributed by atoms with Gasteiger partial charge in [-0.15, -0.1) is 0 Å². The molecule has 1 N–H and O–H groups in total. The topological polar surface area (TPSA) is 15.3 Å². The molecule has 108 valence electrons. The second kappa shape index (κ2) is 9.11. The monoisotopic (exact) mass is 262 g/mol. The van der Waals surface area contributed by atoms with Crippen molar-refractivity contribution in [2.75, 3.05) is 26.2 Å². The van der Waals surface area contributed by atoms with E-state index in [4.69, 9.17) is 0 Å². The van der Waals surface area contributed by atoms with E-state index in [1.807, 2.05) is 0 Å². The molecule has 0 heterocycles. The fourth-order valence-corrected chi connectivity index (χ4v) is 2.58. The third-order valence-electron chi connectivity index (χ3n) is 3.62. The predicted octanol–water partition coefficient (Wildman–Crippen LogP) is 3.77. The minimum Gasteiger partial charge on any atom is -0.310 e. The van der Waals surface area contributed by atoms with E-state index in [-0.39, 0.29) is 0 Å². The fraction of sp³-hybridized carbons (Fsp3) is 0.647.